The molecule has 3 heteroatoms. The van der Waals surface area contributed by atoms with Gasteiger partial charge in [0.15, 0.2) is 0 Å². The topological polar surface area (TPSA) is 30.5 Å². The fourth-order valence-corrected chi connectivity index (χ4v) is 2.85. The Bertz CT molecular complexity index is 407. The van der Waals surface area contributed by atoms with Gasteiger partial charge in [-0.05, 0) is 31.4 Å². The van der Waals surface area contributed by atoms with Gasteiger partial charge in [-0.1, -0.05) is 44.2 Å². The predicted octanol–water partition coefficient (Wildman–Crippen LogP) is 3.24. The number of rotatable bonds is 8. The van der Waals surface area contributed by atoms with Crippen LogP contribution in [0.4, 0.5) is 0 Å². The summed E-state index contributed by atoms with van der Waals surface area (Å²) in [6.45, 7) is 11.0. The van der Waals surface area contributed by atoms with Crippen molar-refractivity contribution in [1.29, 1.82) is 0 Å². The van der Waals surface area contributed by atoms with Gasteiger partial charge in [0, 0.05) is 18.6 Å². The standard InChI is InChI=1S/C18H29NO2/c1-15(2)11-19-13-18(9-10-21-16(18)3)14-20-12-17-7-5-4-6-8-17/h4-8,15-16,19H,9-14H2,1-3H3. The van der Waals surface area contributed by atoms with E-state index < -0.39 is 0 Å². The average Bonchev–Trinajstić information content (AvgIpc) is 2.81. The summed E-state index contributed by atoms with van der Waals surface area (Å²) in [4.78, 5) is 0. The lowest BCUT2D eigenvalue weighted by atomic mass is 9.82. The second kappa shape index (κ2) is 7.92. The molecule has 3 nitrogen and oxygen atoms in total. The van der Waals surface area contributed by atoms with Crippen LogP contribution in [0.25, 0.3) is 0 Å². The van der Waals surface area contributed by atoms with E-state index in [1.165, 1.54) is 5.56 Å². The van der Waals surface area contributed by atoms with Crippen molar-refractivity contribution < 1.29 is 9.47 Å². The highest BCUT2D eigenvalue weighted by atomic mass is 16.5. The van der Waals surface area contributed by atoms with E-state index in [9.17, 15) is 0 Å². The smallest absolute Gasteiger partial charge is 0.0717 e. The average molecular weight is 291 g/mol. The van der Waals surface area contributed by atoms with Crippen LogP contribution in [0.2, 0.25) is 0 Å². The van der Waals surface area contributed by atoms with E-state index in [4.69, 9.17) is 9.47 Å². The zero-order valence-electron chi connectivity index (χ0n) is 13.6. The molecule has 1 aliphatic rings. The van der Waals surface area contributed by atoms with Gasteiger partial charge in [-0.25, -0.2) is 0 Å². The van der Waals surface area contributed by atoms with Gasteiger partial charge in [0.05, 0.1) is 19.3 Å². The second-order valence-corrected chi connectivity index (χ2v) is 6.63. The number of benzene rings is 1. The molecular weight excluding hydrogens is 262 g/mol. The molecule has 21 heavy (non-hydrogen) atoms. The molecule has 0 saturated carbocycles. The van der Waals surface area contributed by atoms with Crippen LogP contribution in [0, 0.1) is 11.3 Å². The molecule has 0 spiro atoms. The molecule has 0 aromatic heterocycles. The van der Waals surface area contributed by atoms with E-state index >= 15 is 0 Å². The molecule has 1 aromatic carbocycles. The zero-order chi connectivity index (χ0) is 15.1. The quantitative estimate of drug-likeness (QED) is 0.797. The molecule has 1 N–H and O–H groups in total. The van der Waals surface area contributed by atoms with Crippen LogP contribution in [0.1, 0.15) is 32.8 Å². The first-order valence-corrected chi connectivity index (χ1v) is 8.06. The molecule has 0 aliphatic carbocycles. The Kier molecular flexibility index (Phi) is 6.22. The fraction of sp³-hybridized carbons (Fsp3) is 0.667. The normalized spacial score (nSPS) is 25.6. The maximum absolute atomic E-state index is 6.01. The van der Waals surface area contributed by atoms with Crippen LogP contribution in [0.5, 0.6) is 0 Å². The Morgan fingerprint density at radius 1 is 1.33 bits per heavy atom. The van der Waals surface area contributed by atoms with Crippen LogP contribution in [0.15, 0.2) is 30.3 Å². The summed E-state index contributed by atoms with van der Waals surface area (Å²) >= 11 is 0. The first-order chi connectivity index (χ1) is 10.1. The predicted molar refractivity (Wildman–Crippen MR) is 86.3 cm³/mol. The third kappa shape index (κ3) is 4.80. The Balaban J connectivity index is 1.84. The minimum absolute atomic E-state index is 0.115. The molecule has 0 radical (unpaired) electrons. The first kappa shape index (κ1) is 16.5. The summed E-state index contributed by atoms with van der Waals surface area (Å²) in [5, 5.41) is 3.59. The van der Waals surface area contributed by atoms with Gasteiger partial charge in [0.1, 0.15) is 0 Å². The minimum Gasteiger partial charge on any atom is -0.378 e. The first-order valence-electron chi connectivity index (χ1n) is 8.06. The molecule has 1 fully saturated rings. The van der Waals surface area contributed by atoms with Gasteiger partial charge < -0.3 is 14.8 Å². The molecule has 1 heterocycles. The maximum Gasteiger partial charge on any atom is 0.0717 e. The van der Waals surface area contributed by atoms with Crippen molar-refractivity contribution in [3.63, 3.8) is 0 Å². The van der Waals surface area contributed by atoms with Crippen LogP contribution in [-0.2, 0) is 16.1 Å². The van der Waals surface area contributed by atoms with E-state index in [-0.39, 0.29) is 11.5 Å². The number of ether oxygens (including phenoxy) is 2. The Hall–Kier alpha value is -0.900. The van der Waals surface area contributed by atoms with Crippen LogP contribution < -0.4 is 5.32 Å². The summed E-state index contributed by atoms with van der Waals surface area (Å²) in [7, 11) is 0. The molecule has 1 aliphatic heterocycles. The molecule has 2 atom stereocenters. The van der Waals surface area contributed by atoms with Gasteiger partial charge >= 0.3 is 0 Å². The van der Waals surface area contributed by atoms with Crippen molar-refractivity contribution >= 4 is 0 Å². The largest absolute Gasteiger partial charge is 0.378 e. The van der Waals surface area contributed by atoms with Crippen molar-refractivity contribution in [3.05, 3.63) is 35.9 Å². The lowest BCUT2D eigenvalue weighted by Gasteiger charge is -2.32. The van der Waals surface area contributed by atoms with Gasteiger partial charge in [-0.2, -0.15) is 0 Å². The molecule has 2 rings (SSSR count). The van der Waals surface area contributed by atoms with E-state index in [2.05, 4.69) is 50.4 Å². The SMILES string of the molecule is CC(C)CNCC1(COCc2ccccc2)CCOC1C. The molecule has 1 aromatic rings. The fourth-order valence-electron chi connectivity index (χ4n) is 2.85. The Morgan fingerprint density at radius 2 is 2.10 bits per heavy atom. The molecule has 118 valence electrons. The van der Waals surface area contributed by atoms with E-state index in [0.29, 0.717) is 12.5 Å². The van der Waals surface area contributed by atoms with Crippen molar-refractivity contribution in [2.24, 2.45) is 11.3 Å². The third-order valence-corrected chi connectivity index (χ3v) is 4.36. The highest BCUT2D eigenvalue weighted by molar-refractivity contribution is 5.13. The van der Waals surface area contributed by atoms with E-state index in [1.807, 2.05) is 6.07 Å². The van der Waals surface area contributed by atoms with Crippen LogP contribution >= 0.6 is 0 Å². The Labute approximate surface area is 129 Å². The number of hydrogen-bond acceptors (Lipinski definition) is 3. The third-order valence-electron chi connectivity index (χ3n) is 4.36. The maximum atomic E-state index is 6.01. The lowest BCUT2D eigenvalue weighted by Crippen LogP contribution is -2.44. The summed E-state index contributed by atoms with van der Waals surface area (Å²) in [6.07, 6.45) is 1.33. The van der Waals surface area contributed by atoms with E-state index in [1.54, 1.807) is 0 Å². The summed E-state index contributed by atoms with van der Waals surface area (Å²) in [5.74, 6) is 0.671. The van der Waals surface area contributed by atoms with Gasteiger partial charge in [0.25, 0.3) is 0 Å². The summed E-state index contributed by atoms with van der Waals surface area (Å²) in [5.41, 5.74) is 1.35. The molecule has 1 saturated heterocycles. The van der Waals surface area contributed by atoms with Crippen molar-refractivity contribution in [1.82, 2.24) is 5.32 Å². The highest BCUT2D eigenvalue weighted by Crippen LogP contribution is 2.35. The lowest BCUT2D eigenvalue weighted by molar-refractivity contribution is -0.0123. The second-order valence-electron chi connectivity index (χ2n) is 6.63. The van der Waals surface area contributed by atoms with Gasteiger partial charge in [-0.15, -0.1) is 0 Å². The zero-order valence-corrected chi connectivity index (χ0v) is 13.6. The van der Waals surface area contributed by atoms with Crippen molar-refractivity contribution in [3.8, 4) is 0 Å². The number of nitrogens with one attached hydrogen (secondary N) is 1. The molecule has 0 bridgehead atoms. The minimum atomic E-state index is 0.115. The van der Waals surface area contributed by atoms with Crippen molar-refractivity contribution in [2.75, 3.05) is 26.3 Å². The van der Waals surface area contributed by atoms with Crippen LogP contribution in [-0.4, -0.2) is 32.4 Å². The van der Waals surface area contributed by atoms with Crippen LogP contribution in [0.3, 0.4) is 0 Å². The van der Waals surface area contributed by atoms with Gasteiger partial charge in [-0.3, -0.25) is 0 Å². The number of hydrogen-bond donors (Lipinski definition) is 1. The highest BCUT2D eigenvalue weighted by Gasteiger charge is 2.41. The summed E-state index contributed by atoms with van der Waals surface area (Å²) < 4.78 is 11.8. The summed E-state index contributed by atoms with van der Waals surface area (Å²) in [6, 6.07) is 10.4. The monoisotopic (exact) mass is 291 g/mol. The van der Waals surface area contributed by atoms with Gasteiger partial charge in [0.2, 0.25) is 0 Å². The molecule has 0 amide bonds. The van der Waals surface area contributed by atoms with Crippen molar-refractivity contribution in [2.45, 2.75) is 39.9 Å². The van der Waals surface area contributed by atoms with E-state index in [0.717, 1.165) is 32.7 Å². The Morgan fingerprint density at radius 3 is 2.71 bits per heavy atom. The molecule has 2 unspecified atom stereocenters. The molecular formula is C18H29NO2.